The zero-order chi connectivity index (χ0) is 19.8. The summed E-state index contributed by atoms with van der Waals surface area (Å²) >= 11 is 1.19. The van der Waals surface area contributed by atoms with E-state index in [0.717, 1.165) is 25.7 Å². The van der Waals surface area contributed by atoms with Gasteiger partial charge in [0.25, 0.3) is 0 Å². The first-order valence-corrected chi connectivity index (χ1v) is 10.5. The number of carbonyl (C=O) groups is 3. The van der Waals surface area contributed by atoms with Crippen LogP contribution in [0.1, 0.15) is 80.6 Å². The lowest BCUT2D eigenvalue weighted by atomic mass is 10.1. The lowest BCUT2D eigenvalue weighted by Crippen LogP contribution is -2.34. The Labute approximate surface area is 164 Å². The van der Waals surface area contributed by atoms with Crippen LogP contribution in [0.2, 0.25) is 0 Å². The van der Waals surface area contributed by atoms with Crippen molar-refractivity contribution < 1.29 is 19.5 Å². The van der Waals surface area contributed by atoms with E-state index < -0.39 is 5.97 Å². The van der Waals surface area contributed by atoms with E-state index in [2.05, 4.69) is 15.6 Å². The molecule has 7 nitrogen and oxygen atoms in total. The van der Waals surface area contributed by atoms with E-state index in [1.165, 1.54) is 24.2 Å². The van der Waals surface area contributed by atoms with Gasteiger partial charge in [-0.3, -0.25) is 9.59 Å². The summed E-state index contributed by atoms with van der Waals surface area (Å²) in [5.74, 6) is -1.24. The molecule has 1 heterocycles. The minimum absolute atomic E-state index is 0.00453. The fourth-order valence-corrected chi connectivity index (χ4v) is 4.40. The minimum atomic E-state index is -1.09. The molecule has 2 amide bonds. The maximum absolute atomic E-state index is 12.1. The summed E-state index contributed by atoms with van der Waals surface area (Å²) in [6.45, 7) is 3.99. The number of carboxylic acids is 1. The molecule has 8 heteroatoms. The fourth-order valence-electron chi connectivity index (χ4n) is 3.21. The average molecular weight is 396 g/mol. The molecule has 0 radical (unpaired) electrons. The van der Waals surface area contributed by atoms with Gasteiger partial charge in [-0.1, -0.05) is 39.5 Å². The lowest BCUT2D eigenvalue weighted by molar-refractivity contribution is -0.124. The summed E-state index contributed by atoms with van der Waals surface area (Å²) in [5.41, 5.74) is -0.00453. The number of amides is 2. The number of aromatic nitrogens is 1. The van der Waals surface area contributed by atoms with Crippen LogP contribution in [0.15, 0.2) is 0 Å². The van der Waals surface area contributed by atoms with Crippen LogP contribution in [-0.4, -0.2) is 33.9 Å². The smallest absolute Gasteiger partial charge is 0.355 e. The van der Waals surface area contributed by atoms with Gasteiger partial charge in [0.15, 0.2) is 10.8 Å². The standard InChI is InChI=1S/C19H29N3O4S/c1-12(2)11-14-17(18(25)26)22-19(27-14)21-16(24)10-9-15(23)20-13-7-5-3-4-6-8-13/h12-13H,3-11H2,1-2H3,(H,20,23)(H,25,26)(H,21,22,24). The van der Waals surface area contributed by atoms with Crippen molar-refractivity contribution in [2.45, 2.75) is 77.7 Å². The minimum Gasteiger partial charge on any atom is -0.476 e. The number of nitrogens with one attached hydrogen (secondary N) is 2. The Balaban J connectivity index is 1.82. The van der Waals surface area contributed by atoms with Gasteiger partial charge >= 0.3 is 5.97 Å². The second-order valence-corrected chi connectivity index (χ2v) is 8.58. The normalized spacial score (nSPS) is 15.4. The highest BCUT2D eigenvalue weighted by Crippen LogP contribution is 2.26. The number of carbonyl (C=O) groups excluding carboxylic acids is 2. The summed E-state index contributed by atoms with van der Waals surface area (Å²) in [6, 6.07) is 0.221. The van der Waals surface area contributed by atoms with Crippen molar-refractivity contribution in [2.24, 2.45) is 5.92 Å². The predicted octanol–water partition coefficient (Wildman–Crippen LogP) is 3.60. The van der Waals surface area contributed by atoms with E-state index in [1.54, 1.807) is 0 Å². The van der Waals surface area contributed by atoms with Crippen LogP contribution in [0, 0.1) is 5.92 Å². The maximum atomic E-state index is 12.1. The second-order valence-electron chi connectivity index (χ2n) is 7.50. The van der Waals surface area contributed by atoms with Crippen LogP contribution in [0.5, 0.6) is 0 Å². The third-order valence-corrected chi connectivity index (χ3v) is 5.53. The largest absolute Gasteiger partial charge is 0.476 e. The zero-order valence-corrected chi connectivity index (χ0v) is 16.9. The molecular formula is C19H29N3O4S. The molecule has 1 fully saturated rings. The highest BCUT2D eigenvalue weighted by molar-refractivity contribution is 7.16. The zero-order valence-electron chi connectivity index (χ0n) is 16.0. The number of aromatic carboxylic acids is 1. The first kappa shape index (κ1) is 21.3. The number of hydrogen-bond donors (Lipinski definition) is 3. The van der Waals surface area contributed by atoms with Crippen molar-refractivity contribution in [3.8, 4) is 0 Å². The molecule has 0 aromatic carbocycles. The van der Waals surface area contributed by atoms with Gasteiger partial charge in [-0.05, 0) is 25.2 Å². The molecule has 0 atom stereocenters. The molecule has 27 heavy (non-hydrogen) atoms. The number of anilines is 1. The predicted molar refractivity (Wildman–Crippen MR) is 105 cm³/mol. The van der Waals surface area contributed by atoms with Crippen LogP contribution in [0.25, 0.3) is 0 Å². The summed E-state index contributed by atoms with van der Waals surface area (Å²) in [6.07, 6.45) is 7.51. The molecule has 0 unspecified atom stereocenters. The number of hydrogen-bond acceptors (Lipinski definition) is 5. The molecule has 2 rings (SSSR count). The SMILES string of the molecule is CC(C)Cc1sc(NC(=O)CCC(=O)NC2CCCCCC2)nc1C(=O)O. The Bertz CT molecular complexity index is 664. The molecule has 1 aliphatic carbocycles. The van der Waals surface area contributed by atoms with Crippen LogP contribution < -0.4 is 10.6 Å². The second kappa shape index (κ2) is 10.4. The van der Waals surface area contributed by atoms with Gasteiger partial charge < -0.3 is 15.7 Å². The van der Waals surface area contributed by atoms with Crippen molar-refractivity contribution in [3.05, 3.63) is 10.6 Å². The number of carboxylic acid groups (broad SMARTS) is 1. The van der Waals surface area contributed by atoms with E-state index >= 15 is 0 Å². The van der Waals surface area contributed by atoms with Crippen molar-refractivity contribution in [3.63, 3.8) is 0 Å². The fraction of sp³-hybridized carbons (Fsp3) is 0.684. The monoisotopic (exact) mass is 395 g/mol. The van der Waals surface area contributed by atoms with Gasteiger partial charge in [0.05, 0.1) is 0 Å². The van der Waals surface area contributed by atoms with Crippen LogP contribution in [-0.2, 0) is 16.0 Å². The maximum Gasteiger partial charge on any atom is 0.355 e. The van der Waals surface area contributed by atoms with Crippen LogP contribution in [0.3, 0.4) is 0 Å². The highest BCUT2D eigenvalue weighted by Gasteiger charge is 2.20. The summed E-state index contributed by atoms with van der Waals surface area (Å²) in [5, 5.41) is 15.2. The Kier molecular flexibility index (Phi) is 8.22. The molecular weight excluding hydrogens is 366 g/mol. The Hall–Kier alpha value is -1.96. The van der Waals surface area contributed by atoms with Gasteiger partial charge in [0, 0.05) is 23.8 Å². The van der Waals surface area contributed by atoms with Gasteiger partial charge in [-0.15, -0.1) is 11.3 Å². The van der Waals surface area contributed by atoms with E-state index in [4.69, 9.17) is 0 Å². The molecule has 1 aromatic heterocycles. The number of thiazole rings is 1. The van der Waals surface area contributed by atoms with Gasteiger partial charge in [-0.2, -0.15) is 0 Å². The summed E-state index contributed by atoms with van der Waals surface area (Å²) in [4.78, 5) is 40.2. The summed E-state index contributed by atoms with van der Waals surface area (Å²) in [7, 11) is 0. The molecule has 0 saturated heterocycles. The van der Waals surface area contributed by atoms with Gasteiger partial charge in [0.1, 0.15) is 0 Å². The van der Waals surface area contributed by atoms with Gasteiger partial charge in [-0.25, -0.2) is 9.78 Å². The first-order chi connectivity index (χ1) is 12.8. The van der Waals surface area contributed by atoms with Crippen molar-refractivity contribution >= 4 is 34.3 Å². The Morgan fingerprint density at radius 1 is 1.11 bits per heavy atom. The Morgan fingerprint density at radius 3 is 2.33 bits per heavy atom. The van der Waals surface area contributed by atoms with Crippen molar-refractivity contribution in [1.29, 1.82) is 0 Å². The van der Waals surface area contributed by atoms with E-state index in [-0.39, 0.29) is 41.5 Å². The van der Waals surface area contributed by atoms with Gasteiger partial charge in [0.2, 0.25) is 11.8 Å². The van der Waals surface area contributed by atoms with E-state index in [1.807, 2.05) is 13.8 Å². The molecule has 1 aromatic rings. The van der Waals surface area contributed by atoms with Crippen LogP contribution in [0.4, 0.5) is 5.13 Å². The third-order valence-electron chi connectivity index (χ3n) is 4.54. The Morgan fingerprint density at radius 2 is 1.74 bits per heavy atom. The van der Waals surface area contributed by atoms with E-state index in [9.17, 15) is 19.5 Å². The van der Waals surface area contributed by atoms with Crippen molar-refractivity contribution in [1.82, 2.24) is 10.3 Å². The molecule has 0 bridgehead atoms. The lowest BCUT2D eigenvalue weighted by Gasteiger charge is -2.15. The summed E-state index contributed by atoms with van der Waals surface area (Å²) < 4.78 is 0. The topological polar surface area (TPSA) is 108 Å². The molecule has 1 saturated carbocycles. The van der Waals surface area contributed by atoms with Crippen molar-refractivity contribution in [2.75, 3.05) is 5.32 Å². The first-order valence-electron chi connectivity index (χ1n) is 9.67. The molecule has 150 valence electrons. The molecule has 0 spiro atoms. The quantitative estimate of drug-likeness (QED) is 0.583. The molecule has 3 N–H and O–H groups in total. The van der Waals surface area contributed by atoms with E-state index in [0.29, 0.717) is 17.2 Å². The molecule has 1 aliphatic rings. The number of nitrogens with zero attached hydrogens (tertiary/aromatic N) is 1. The number of rotatable bonds is 8. The average Bonchev–Trinajstić information content (AvgIpc) is 2.79. The highest BCUT2D eigenvalue weighted by atomic mass is 32.1. The third kappa shape index (κ3) is 7.28. The molecule has 0 aliphatic heterocycles. The van der Waals surface area contributed by atoms with Crippen LogP contribution >= 0.6 is 11.3 Å².